The van der Waals surface area contributed by atoms with Gasteiger partial charge in [0.1, 0.15) is 0 Å². The van der Waals surface area contributed by atoms with Crippen LogP contribution in [0.25, 0.3) is 6.08 Å². The number of nitrogens with zero attached hydrogens (tertiary/aromatic N) is 3. The fourth-order valence-electron chi connectivity index (χ4n) is 3.78. The Balaban J connectivity index is 1.34. The van der Waals surface area contributed by atoms with Gasteiger partial charge in [-0.1, -0.05) is 42.5 Å². The van der Waals surface area contributed by atoms with E-state index in [0.29, 0.717) is 0 Å². The van der Waals surface area contributed by atoms with E-state index in [4.69, 9.17) is 4.98 Å². The van der Waals surface area contributed by atoms with Gasteiger partial charge in [0.15, 0.2) is 0 Å². The van der Waals surface area contributed by atoms with E-state index in [2.05, 4.69) is 51.2 Å². The molecule has 0 radical (unpaired) electrons. The molecule has 1 fully saturated rings. The van der Waals surface area contributed by atoms with Crippen LogP contribution in [0.15, 0.2) is 41.2 Å². The lowest BCUT2D eigenvalue weighted by Crippen LogP contribution is -2.47. The van der Waals surface area contributed by atoms with Gasteiger partial charge in [-0.05, 0) is 31.2 Å². The van der Waals surface area contributed by atoms with Gasteiger partial charge in [0, 0.05) is 38.3 Å². The van der Waals surface area contributed by atoms with Crippen LogP contribution in [0.3, 0.4) is 0 Å². The van der Waals surface area contributed by atoms with Crippen molar-refractivity contribution in [1.29, 1.82) is 0 Å². The highest BCUT2D eigenvalue weighted by Gasteiger charge is 2.21. The number of hydrogen-bond donors (Lipinski definition) is 1. The summed E-state index contributed by atoms with van der Waals surface area (Å²) in [6.45, 7) is 4.73. The van der Waals surface area contributed by atoms with Crippen LogP contribution in [0.4, 0.5) is 5.95 Å². The summed E-state index contributed by atoms with van der Waals surface area (Å²) in [5.74, 6) is 0.759. The van der Waals surface area contributed by atoms with Gasteiger partial charge >= 0.3 is 0 Å². The Kier molecular flexibility index (Phi) is 5.16. The van der Waals surface area contributed by atoms with Gasteiger partial charge in [0.25, 0.3) is 5.56 Å². The predicted molar refractivity (Wildman–Crippen MR) is 106 cm³/mol. The van der Waals surface area contributed by atoms with E-state index in [-0.39, 0.29) is 5.56 Å². The lowest BCUT2D eigenvalue weighted by molar-refractivity contribution is 0.283. The van der Waals surface area contributed by atoms with E-state index in [9.17, 15) is 4.79 Å². The van der Waals surface area contributed by atoms with Gasteiger partial charge < -0.3 is 4.90 Å². The summed E-state index contributed by atoms with van der Waals surface area (Å²) in [4.78, 5) is 24.8. The Morgan fingerprint density at radius 1 is 1.04 bits per heavy atom. The molecule has 1 aromatic heterocycles. The molecule has 1 aliphatic heterocycles. The maximum Gasteiger partial charge on any atom is 0.255 e. The molecule has 0 saturated carbocycles. The average molecular weight is 350 g/mol. The number of hydrogen-bond acceptors (Lipinski definition) is 4. The molecule has 1 saturated heterocycles. The van der Waals surface area contributed by atoms with Crippen molar-refractivity contribution in [2.45, 2.75) is 25.7 Å². The molecule has 1 N–H and O–H groups in total. The molecule has 2 aromatic rings. The van der Waals surface area contributed by atoms with Gasteiger partial charge in [-0.25, -0.2) is 4.98 Å². The molecule has 5 heteroatoms. The third-order valence-corrected chi connectivity index (χ3v) is 5.32. The Hall–Kier alpha value is -2.40. The van der Waals surface area contributed by atoms with E-state index in [0.717, 1.165) is 75.6 Å². The van der Waals surface area contributed by atoms with Crippen LogP contribution < -0.4 is 10.5 Å². The van der Waals surface area contributed by atoms with Crippen LogP contribution in [0.1, 0.15) is 29.7 Å². The zero-order valence-corrected chi connectivity index (χ0v) is 15.2. The molecule has 136 valence electrons. The van der Waals surface area contributed by atoms with Crippen molar-refractivity contribution >= 4 is 12.0 Å². The lowest BCUT2D eigenvalue weighted by Gasteiger charge is -2.34. The van der Waals surface area contributed by atoms with Crippen molar-refractivity contribution in [3.63, 3.8) is 0 Å². The van der Waals surface area contributed by atoms with E-state index in [1.54, 1.807) is 0 Å². The number of anilines is 1. The molecule has 5 nitrogen and oxygen atoms in total. The molecule has 0 amide bonds. The molecule has 0 bridgehead atoms. The second-order valence-electron chi connectivity index (χ2n) is 7.12. The van der Waals surface area contributed by atoms with Crippen molar-refractivity contribution in [2.75, 3.05) is 37.6 Å². The molecule has 0 atom stereocenters. The van der Waals surface area contributed by atoms with Gasteiger partial charge in [-0.15, -0.1) is 0 Å². The minimum Gasteiger partial charge on any atom is -0.340 e. The van der Waals surface area contributed by atoms with Crippen molar-refractivity contribution in [3.8, 4) is 0 Å². The normalized spacial score (nSPS) is 18.2. The summed E-state index contributed by atoms with van der Waals surface area (Å²) in [6.07, 6.45) is 8.46. The molecule has 1 aromatic carbocycles. The standard InChI is InChI=1S/C21H26N4O/c26-20-18-10-4-5-11-19(18)22-21(23-20)25-15-13-24(14-16-25)12-6-9-17-7-2-1-3-8-17/h1-3,6-9H,4-5,10-16H2,(H,22,23,26)/b9-6+. The quantitative estimate of drug-likeness (QED) is 0.920. The first kappa shape index (κ1) is 17.0. The highest BCUT2D eigenvalue weighted by Crippen LogP contribution is 2.18. The number of nitrogens with one attached hydrogen (secondary N) is 1. The predicted octanol–water partition coefficient (Wildman–Crippen LogP) is 2.48. The first-order valence-electron chi connectivity index (χ1n) is 9.60. The summed E-state index contributed by atoms with van der Waals surface area (Å²) >= 11 is 0. The molecule has 0 spiro atoms. The third-order valence-electron chi connectivity index (χ3n) is 5.32. The van der Waals surface area contributed by atoms with Crippen LogP contribution in [-0.2, 0) is 12.8 Å². The molecule has 2 aliphatic rings. The van der Waals surface area contributed by atoms with Crippen molar-refractivity contribution in [3.05, 3.63) is 63.6 Å². The van der Waals surface area contributed by atoms with Crippen LogP contribution in [0.5, 0.6) is 0 Å². The highest BCUT2D eigenvalue weighted by atomic mass is 16.1. The van der Waals surface area contributed by atoms with Crippen molar-refractivity contribution in [2.24, 2.45) is 0 Å². The zero-order chi connectivity index (χ0) is 17.8. The van der Waals surface area contributed by atoms with E-state index < -0.39 is 0 Å². The fraction of sp³-hybridized carbons (Fsp3) is 0.429. The van der Waals surface area contributed by atoms with E-state index in [1.807, 2.05) is 6.07 Å². The average Bonchev–Trinajstić information content (AvgIpc) is 2.69. The Labute approximate surface area is 154 Å². The minimum absolute atomic E-state index is 0.0675. The van der Waals surface area contributed by atoms with Crippen LogP contribution in [0.2, 0.25) is 0 Å². The SMILES string of the molecule is O=c1[nH]c(N2CCN(C/C=C/c3ccccc3)CC2)nc2c1CCCC2. The zero-order valence-electron chi connectivity index (χ0n) is 15.2. The molecule has 26 heavy (non-hydrogen) atoms. The number of rotatable bonds is 4. The molecule has 4 rings (SSSR count). The van der Waals surface area contributed by atoms with Gasteiger partial charge in [-0.2, -0.15) is 0 Å². The Bertz CT molecular complexity index is 820. The summed E-state index contributed by atoms with van der Waals surface area (Å²) in [6, 6.07) is 10.4. The van der Waals surface area contributed by atoms with Gasteiger partial charge in [0.05, 0.1) is 5.69 Å². The summed E-state index contributed by atoms with van der Waals surface area (Å²) in [5.41, 5.74) is 3.23. The largest absolute Gasteiger partial charge is 0.340 e. The summed E-state index contributed by atoms with van der Waals surface area (Å²) < 4.78 is 0. The lowest BCUT2D eigenvalue weighted by atomic mass is 9.97. The Morgan fingerprint density at radius 3 is 2.62 bits per heavy atom. The topological polar surface area (TPSA) is 52.2 Å². The molecule has 2 heterocycles. The van der Waals surface area contributed by atoms with E-state index in [1.165, 1.54) is 5.56 Å². The molecular weight excluding hydrogens is 324 g/mol. The van der Waals surface area contributed by atoms with Crippen LogP contribution in [-0.4, -0.2) is 47.6 Å². The summed E-state index contributed by atoms with van der Waals surface area (Å²) in [7, 11) is 0. The number of benzene rings is 1. The monoisotopic (exact) mass is 350 g/mol. The second kappa shape index (κ2) is 7.87. The first-order valence-corrected chi connectivity index (χ1v) is 9.60. The molecule has 1 aliphatic carbocycles. The van der Waals surface area contributed by atoms with Crippen LogP contribution >= 0.6 is 0 Å². The number of aromatic nitrogens is 2. The highest BCUT2D eigenvalue weighted by molar-refractivity contribution is 5.48. The number of fused-ring (bicyclic) bond motifs is 1. The third kappa shape index (κ3) is 3.88. The fourth-order valence-corrected chi connectivity index (χ4v) is 3.78. The second-order valence-corrected chi connectivity index (χ2v) is 7.12. The number of aryl methyl sites for hydroxylation is 1. The molecular formula is C21H26N4O. The first-order chi connectivity index (χ1) is 12.8. The van der Waals surface area contributed by atoms with Crippen LogP contribution in [0, 0.1) is 0 Å². The number of piperazine rings is 1. The van der Waals surface area contributed by atoms with E-state index >= 15 is 0 Å². The van der Waals surface area contributed by atoms with Gasteiger partial charge in [-0.3, -0.25) is 14.7 Å². The minimum atomic E-state index is 0.0675. The Morgan fingerprint density at radius 2 is 1.81 bits per heavy atom. The van der Waals surface area contributed by atoms with Gasteiger partial charge in [0.2, 0.25) is 5.95 Å². The maximum absolute atomic E-state index is 12.3. The number of H-pyrrole nitrogens is 1. The smallest absolute Gasteiger partial charge is 0.255 e. The van der Waals surface area contributed by atoms with Crippen molar-refractivity contribution in [1.82, 2.24) is 14.9 Å². The number of aromatic amines is 1. The van der Waals surface area contributed by atoms with Crippen molar-refractivity contribution < 1.29 is 0 Å². The summed E-state index contributed by atoms with van der Waals surface area (Å²) in [5, 5.41) is 0. The molecule has 0 unspecified atom stereocenters. The maximum atomic E-state index is 12.3.